The van der Waals surface area contributed by atoms with Gasteiger partial charge in [-0.25, -0.2) is 0 Å². The maximum Gasteiger partial charge on any atom is 0.416 e. The summed E-state index contributed by atoms with van der Waals surface area (Å²) in [6.07, 6.45) is -4.01. The zero-order chi connectivity index (χ0) is 15.6. The van der Waals surface area contributed by atoms with Gasteiger partial charge in [0.15, 0.2) is 0 Å². The zero-order valence-corrected chi connectivity index (χ0v) is 12.1. The Hall–Kier alpha value is -1.40. The highest BCUT2D eigenvalue weighted by Gasteiger charge is 2.34. The van der Waals surface area contributed by atoms with Crippen LogP contribution in [0.25, 0.3) is 0 Å². The highest BCUT2D eigenvalue weighted by atomic mass is 19.4. The minimum Gasteiger partial charge on any atom is -0.309 e. The van der Waals surface area contributed by atoms with E-state index in [9.17, 15) is 18.0 Å². The molecule has 1 aromatic carbocycles. The second-order valence-corrected chi connectivity index (χ2v) is 5.70. The predicted molar refractivity (Wildman–Crippen MR) is 74.2 cm³/mol. The fourth-order valence-corrected chi connectivity index (χ4v) is 2.88. The number of alkyl halides is 3. The van der Waals surface area contributed by atoms with Crippen molar-refractivity contribution in [3.8, 4) is 0 Å². The molecule has 1 aliphatic heterocycles. The Morgan fingerprint density at radius 2 is 1.90 bits per heavy atom. The summed E-state index contributed by atoms with van der Waals surface area (Å²) in [6, 6.07) is 4.27. The molecule has 0 spiro atoms. The lowest BCUT2D eigenvalue weighted by molar-refractivity contribution is -0.138. The molecular weight excluding hydrogens is 281 g/mol. The SMILES string of the molecule is CC1CN(Cc2ccc(C=O)cc2C(F)(F)F)CC(C)N1. The molecule has 0 saturated carbocycles. The average molecular weight is 300 g/mol. The van der Waals surface area contributed by atoms with Crippen molar-refractivity contribution in [1.29, 1.82) is 0 Å². The Kier molecular flexibility index (Phi) is 4.68. The van der Waals surface area contributed by atoms with Crippen molar-refractivity contribution in [2.24, 2.45) is 0 Å². The zero-order valence-electron chi connectivity index (χ0n) is 12.1. The molecule has 2 unspecified atom stereocenters. The molecule has 0 bridgehead atoms. The van der Waals surface area contributed by atoms with Crippen LogP contribution in [0, 0.1) is 0 Å². The van der Waals surface area contributed by atoms with Crippen LogP contribution in [-0.2, 0) is 12.7 Å². The van der Waals surface area contributed by atoms with Gasteiger partial charge in [0, 0.05) is 37.3 Å². The summed E-state index contributed by atoms with van der Waals surface area (Å²) in [7, 11) is 0. The van der Waals surface area contributed by atoms with E-state index in [4.69, 9.17) is 0 Å². The van der Waals surface area contributed by atoms with Gasteiger partial charge in [0.1, 0.15) is 6.29 Å². The van der Waals surface area contributed by atoms with Crippen molar-refractivity contribution in [2.45, 2.75) is 38.7 Å². The van der Waals surface area contributed by atoms with E-state index in [0.717, 1.165) is 6.07 Å². The molecule has 2 rings (SSSR count). The lowest BCUT2D eigenvalue weighted by atomic mass is 10.0. The minimum absolute atomic E-state index is 0.0492. The van der Waals surface area contributed by atoms with Gasteiger partial charge in [0.05, 0.1) is 5.56 Å². The molecule has 0 amide bonds. The molecule has 1 aliphatic rings. The highest BCUT2D eigenvalue weighted by Crippen LogP contribution is 2.33. The van der Waals surface area contributed by atoms with Crippen LogP contribution in [0.3, 0.4) is 0 Å². The summed E-state index contributed by atoms with van der Waals surface area (Å²) >= 11 is 0. The molecule has 0 radical (unpaired) electrons. The Bertz CT molecular complexity index is 506. The largest absolute Gasteiger partial charge is 0.416 e. The number of rotatable bonds is 3. The Morgan fingerprint density at radius 3 is 2.43 bits per heavy atom. The fourth-order valence-electron chi connectivity index (χ4n) is 2.88. The Labute approximate surface area is 122 Å². The van der Waals surface area contributed by atoms with Crippen molar-refractivity contribution in [3.63, 3.8) is 0 Å². The van der Waals surface area contributed by atoms with E-state index in [2.05, 4.69) is 5.32 Å². The van der Waals surface area contributed by atoms with Crippen LogP contribution in [0.2, 0.25) is 0 Å². The second-order valence-electron chi connectivity index (χ2n) is 5.70. The summed E-state index contributed by atoms with van der Waals surface area (Å²) in [5.74, 6) is 0. The average Bonchev–Trinajstić information content (AvgIpc) is 2.36. The number of halogens is 3. The van der Waals surface area contributed by atoms with E-state index in [1.165, 1.54) is 12.1 Å². The van der Waals surface area contributed by atoms with Crippen LogP contribution < -0.4 is 5.32 Å². The van der Waals surface area contributed by atoms with Gasteiger partial charge >= 0.3 is 6.18 Å². The van der Waals surface area contributed by atoms with Gasteiger partial charge in [-0.3, -0.25) is 9.69 Å². The van der Waals surface area contributed by atoms with Crippen LogP contribution in [0.1, 0.15) is 35.3 Å². The molecule has 1 aromatic rings. The third kappa shape index (κ3) is 4.04. The number of piperazine rings is 1. The van der Waals surface area contributed by atoms with Crippen LogP contribution in [-0.4, -0.2) is 36.4 Å². The minimum atomic E-state index is -4.44. The quantitative estimate of drug-likeness (QED) is 0.871. The summed E-state index contributed by atoms with van der Waals surface area (Å²) in [5, 5.41) is 3.35. The first-order valence-corrected chi connectivity index (χ1v) is 6.93. The molecule has 3 nitrogen and oxygen atoms in total. The van der Waals surface area contributed by atoms with Crippen molar-refractivity contribution in [3.05, 3.63) is 34.9 Å². The van der Waals surface area contributed by atoms with Gasteiger partial charge in [0.2, 0.25) is 0 Å². The fraction of sp³-hybridized carbons (Fsp3) is 0.533. The lowest BCUT2D eigenvalue weighted by Gasteiger charge is -2.36. The first-order valence-electron chi connectivity index (χ1n) is 6.93. The van der Waals surface area contributed by atoms with Crippen LogP contribution in [0.15, 0.2) is 18.2 Å². The molecule has 1 fully saturated rings. The maximum atomic E-state index is 13.1. The standard InChI is InChI=1S/C15H19F3N2O/c1-10-6-20(7-11(2)19-10)8-13-4-3-12(9-21)5-14(13)15(16,17)18/h3-5,9-11,19H,6-8H2,1-2H3. The van der Waals surface area contributed by atoms with E-state index < -0.39 is 11.7 Å². The predicted octanol–water partition coefficient (Wildman–Crippen LogP) is 2.70. The molecule has 1 saturated heterocycles. The molecule has 0 aliphatic carbocycles. The third-order valence-electron chi connectivity index (χ3n) is 3.60. The number of hydrogen-bond donors (Lipinski definition) is 1. The first kappa shape index (κ1) is 16.0. The smallest absolute Gasteiger partial charge is 0.309 e. The van der Waals surface area contributed by atoms with E-state index >= 15 is 0 Å². The Balaban J connectivity index is 2.25. The molecule has 116 valence electrons. The summed E-state index contributed by atoms with van der Waals surface area (Å²) in [6.45, 7) is 5.68. The number of aldehydes is 1. The maximum absolute atomic E-state index is 13.1. The molecule has 1 heterocycles. The van der Waals surface area contributed by atoms with Gasteiger partial charge in [0.25, 0.3) is 0 Å². The molecular formula is C15H19F3N2O. The molecule has 6 heteroatoms. The monoisotopic (exact) mass is 300 g/mol. The molecule has 2 atom stereocenters. The number of nitrogens with zero attached hydrogens (tertiary/aromatic N) is 1. The second kappa shape index (κ2) is 6.15. The van der Waals surface area contributed by atoms with Crippen molar-refractivity contribution >= 4 is 6.29 Å². The van der Waals surface area contributed by atoms with E-state index in [0.29, 0.717) is 19.4 Å². The molecule has 21 heavy (non-hydrogen) atoms. The number of carbonyl (C=O) groups excluding carboxylic acids is 1. The van der Waals surface area contributed by atoms with Gasteiger partial charge in [-0.15, -0.1) is 0 Å². The summed E-state index contributed by atoms with van der Waals surface area (Å²) < 4.78 is 39.4. The molecule has 1 N–H and O–H groups in total. The van der Waals surface area contributed by atoms with Gasteiger partial charge in [-0.1, -0.05) is 12.1 Å². The first-order chi connectivity index (χ1) is 9.79. The number of hydrogen-bond acceptors (Lipinski definition) is 3. The Morgan fingerprint density at radius 1 is 1.29 bits per heavy atom. The van der Waals surface area contributed by atoms with Crippen LogP contribution in [0.5, 0.6) is 0 Å². The van der Waals surface area contributed by atoms with Gasteiger partial charge < -0.3 is 5.32 Å². The number of benzene rings is 1. The molecule has 0 aromatic heterocycles. The van der Waals surface area contributed by atoms with E-state index in [-0.39, 0.29) is 29.8 Å². The summed E-state index contributed by atoms with van der Waals surface area (Å²) in [5.41, 5.74) is -0.450. The lowest BCUT2D eigenvalue weighted by Crippen LogP contribution is -2.53. The van der Waals surface area contributed by atoms with E-state index in [1.807, 2.05) is 18.7 Å². The van der Waals surface area contributed by atoms with Gasteiger partial charge in [-0.2, -0.15) is 13.2 Å². The van der Waals surface area contributed by atoms with Crippen molar-refractivity contribution < 1.29 is 18.0 Å². The third-order valence-corrected chi connectivity index (χ3v) is 3.60. The number of carbonyl (C=O) groups is 1. The highest BCUT2D eigenvalue weighted by molar-refractivity contribution is 5.75. The van der Waals surface area contributed by atoms with Crippen molar-refractivity contribution in [1.82, 2.24) is 10.2 Å². The summed E-state index contributed by atoms with van der Waals surface area (Å²) in [4.78, 5) is 12.7. The normalized spacial score (nSPS) is 24.0. The van der Waals surface area contributed by atoms with E-state index in [1.54, 1.807) is 0 Å². The topological polar surface area (TPSA) is 32.3 Å². The van der Waals surface area contributed by atoms with Crippen LogP contribution in [0.4, 0.5) is 13.2 Å². The van der Waals surface area contributed by atoms with Crippen molar-refractivity contribution in [2.75, 3.05) is 13.1 Å². The number of nitrogens with one attached hydrogen (secondary N) is 1. The van der Waals surface area contributed by atoms with Crippen LogP contribution >= 0.6 is 0 Å². The van der Waals surface area contributed by atoms with Gasteiger partial charge in [-0.05, 0) is 25.5 Å².